The Balaban J connectivity index is 1.49. The van der Waals surface area contributed by atoms with Gasteiger partial charge in [0.1, 0.15) is 0 Å². The first-order chi connectivity index (χ1) is 14.2. The van der Waals surface area contributed by atoms with Crippen LogP contribution in [0.1, 0.15) is 106 Å². The van der Waals surface area contributed by atoms with Gasteiger partial charge in [-0.25, -0.2) is 0 Å². The van der Waals surface area contributed by atoms with Gasteiger partial charge < -0.3 is 0 Å². The van der Waals surface area contributed by atoms with Gasteiger partial charge in [-0.2, -0.15) is 0 Å². The molecule has 0 aromatic carbocycles. The topological polar surface area (TPSA) is 17.1 Å². The first-order valence-corrected chi connectivity index (χ1v) is 13.1. The number of carbonyl (C=O) groups is 1. The second-order valence-electron chi connectivity index (χ2n) is 12.2. The van der Waals surface area contributed by atoms with Gasteiger partial charge in [-0.1, -0.05) is 51.8 Å². The monoisotopic (exact) mass is 410 g/mol. The molecule has 4 rings (SSSR count). The molecule has 0 spiro atoms. The van der Waals surface area contributed by atoms with Gasteiger partial charge in [0.2, 0.25) is 0 Å². The Hall–Kier alpha value is -0.850. The second-order valence-corrected chi connectivity index (χ2v) is 12.2. The first kappa shape index (κ1) is 22.3. The highest BCUT2D eigenvalue weighted by molar-refractivity contribution is 5.91. The molecule has 0 N–H and O–H groups in total. The first-order valence-electron chi connectivity index (χ1n) is 13.1. The summed E-state index contributed by atoms with van der Waals surface area (Å²) in [7, 11) is 0. The molecule has 30 heavy (non-hydrogen) atoms. The Bertz CT molecular complexity index is 727. The molecule has 0 heterocycles. The number of hydrogen-bond donors (Lipinski definition) is 0. The highest BCUT2D eigenvalue weighted by Gasteiger charge is 2.59. The summed E-state index contributed by atoms with van der Waals surface area (Å²) < 4.78 is 0. The molecule has 0 saturated heterocycles. The molecule has 0 amide bonds. The minimum absolute atomic E-state index is 0.319. The summed E-state index contributed by atoms with van der Waals surface area (Å²) in [5, 5.41) is 0. The SMILES string of the molecule is C/C=C(\CC[C@@H](C)[C@H]1CC[C@H]2[C@@H]3CCC4=CC(=O)CC[C@]4(C)[C@H]3CC[C@]12C)C(C)C. The number of allylic oxidation sites excluding steroid dienone is 3. The van der Waals surface area contributed by atoms with Crippen LogP contribution in [0.15, 0.2) is 23.3 Å². The lowest BCUT2D eigenvalue weighted by atomic mass is 9.46. The molecule has 0 aromatic rings. The molecule has 1 nitrogen and oxygen atoms in total. The maximum Gasteiger partial charge on any atom is 0.155 e. The van der Waals surface area contributed by atoms with E-state index in [2.05, 4.69) is 53.7 Å². The van der Waals surface area contributed by atoms with Crippen LogP contribution in [0.25, 0.3) is 0 Å². The molecular formula is C29H46O. The van der Waals surface area contributed by atoms with Gasteiger partial charge in [-0.3, -0.25) is 4.79 Å². The van der Waals surface area contributed by atoms with Gasteiger partial charge in [0.15, 0.2) is 5.78 Å². The van der Waals surface area contributed by atoms with Crippen LogP contribution in [0.4, 0.5) is 0 Å². The maximum atomic E-state index is 12.1. The number of hydrogen-bond acceptors (Lipinski definition) is 1. The largest absolute Gasteiger partial charge is 0.295 e. The van der Waals surface area contributed by atoms with E-state index < -0.39 is 0 Å². The van der Waals surface area contributed by atoms with Gasteiger partial charge in [-0.15, -0.1) is 0 Å². The van der Waals surface area contributed by atoms with Crippen molar-refractivity contribution in [3.8, 4) is 0 Å². The molecule has 3 saturated carbocycles. The van der Waals surface area contributed by atoms with Gasteiger partial charge in [0.25, 0.3) is 0 Å². The van der Waals surface area contributed by atoms with Gasteiger partial charge in [-0.05, 0) is 117 Å². The van der Waals surface area contributed by atoms with Crippen LogP contribution in [-0.2, 0) is 4.79 Å². The molecule has 7 atom stereocenters. The zero-order valence-electron chi connectivity index (χ0n) is 20.6. The van der Waals surface area contributed by atoms with Crippen LogP contribution in [0.2, 0.25) is 0 Å². The molecule has 0 bridgehead atoms. The lowest BCUT2D eigenvalue weighted by molar-refractivity contribution is -0.117. The normalized spacial score (nSPS) is 42.4. The third kappa shape index (κ3) is 3.57. The summed E-state index contributed by atoms with van der Waals surface area (Å²) in [5.74, 6) is 5.48. The van der Waals surface area contributed by atoms with Crippen molar-refractivity contribution in [2.45, 2.75) is 106 Å². The number of carbonyl (C=O) groups excluding carboxylic acids is 1. The van der Waals surface area contributed by atoms with E-state index in [9.17, 15) is 4.79 Å². The minimum atomic E-state index is 0.319. The maximum absolute atomic E-state index is 12.1. The molecule has 3 fully saturated rings. The van der Waals surface area contributed by atoms with Crippen molar-refractivity contribution < 1.29 is 4.79 Å². The van der Waals surface area contributed by atoms with Gasteiger partial charge >= 0.3 is 0 Å². The van der Waals surface area contributed by atoms with E-state index in [1.165, 1.54) is 56.9 Å². The minimum Gasteiger partial charge on any atom is -0.295 e. The van der Waals surface area contributed by atoms with Crippen LogP contribution in [0.5, 0.6) is 0 Å². The smallest absolute Gasteiger partial charge is 0.155 e. The fraction of sp³-hybridized carbons (Fsp3) is 0.828. The molecule has 0 unspecified atom stereocenters. The lowest BCUT2D eigenvalue weighted by Crippen LogP contribution is -2.50. The molecule has 1 heteroatoms. The van der Waals surface area contributed by atoms with Crippen molar-refractivity contribution in [1.82, 2.24) is 0 Å². The van der Waals surface area contributed by atoms with Crippen molar-refractivity contribution in [1.29, 1.82) is 0 Å². The number of ketones is 1. The van der Waals surface area contributed by atoms with Crippen molar-refractivity contribution >= 4 is 5.78 Å². The molecule has 4 aliphatic carbocycles. The van der Waals surface area contributed by atoms with Gasteiger partial charge in [0.05, 0.1) is 0 Å². The molecule has 4 aliphatic rings. The van der Waals surface area contributed by atoms with Crippen molar-refractivity contribution in [2.24, 2.45) is 46.3 Å². The zero-order valence-corrected chi connectivity index (χ0v) is 20.6. The van der Waals surface area contributed by atoms with E-state index in [0.717, 1.165) is 42.4 Å². The summed E-state index contributed by atoms with van der Waals surface area (Å²) >= 11 is 0. The highest BCUT2D eigenvalue weighted by atomic mass is 16.1. The summed E-state index contributed by atoms with van der Waals surface area (Å²) in [6.07, 6.45) is 17.2. The Morgan fingerprint density at radius 1 is 1.07 bits per heavy atom. The van der Waals surface area contributed by atoms with E-state index in [4.69, 9.17) is 0 Å². The Morgan fingerprint density at radius 3 is 2.53 bits per heavy atom. The molecular weight excluding hydrogens is 364 g/mol. The van der Waals surface area contributed by atoms with Crippen LogP contribution in [-0.4, -0.2) is 5.78 Å². The molecule has 0 aliphatic heterocycles. The van der Waals surface area contributed by atoms with Crippen molar-refractivity contribution in [2.75, 3.05) is 0 Å². The zero-order chi connectivity index (χ0) is 21.7. The Kier molecular flexibility index (Phi) is 6.15. The Morgan fingerprint density at radius 2 is 1.83 bits per heavy atom. The van der Waals surface area contributed by atoms with E-state index in [1.54, 1.807) is 5.57 Å². The van der Waals surface area contributed by atoms with Crippen LogP contribution < -0.4 is 0 Å². The summed E-state index contributed by atoms with van der Waals surface area (Å²) in [4.78, 5) is 12.1. The fourth-order valence-electron chi connectivity index (χ4n) is 8.90. The second kappa shape index (κ2) is 8.25. The lowest BCUT2D eigenvalue weighted by Gasteiger charge is -2.58. The standard InChI is InChI=1S/C29H46O/c1-7-21(19(2)3)9-8-20(4)25-12-13-26-24-11-10-22-18-23(30)14-16-28(22,5)27(24)15-17-29(25,26)6/h7,18-20,24-27H,8-17H2,1-6H3/b21-7+/t20-,24+,25-,26+,27+,28+,29-/m1/s1. The Labute approximate surface area is 186 Å². The predicted molar refractivity (Wildman–Crippen MR) is 127 cm³/mol. The van der Waals surface area contributed by atoms with E-state index in [-0.39, 0.29) is 0 Å². The quantitative estimate of drug-likeness (QED) is 0.418. The van der Waals surface area contributed by atoms with E-state index in [0.29, 0.717) is 22.5 Å². The van der Waals surface area contributed by atoms with E-state index >= 15 is 0 Å². The average Bonchev–Trinajstić information content (AvgIpc) is 3.06. The van der Waals surface area contributed by atoms with Crippen LogP contribution in [0.3, 0.4) is 0 Å². The summed E-state index contributed by atoms with van der Waals surface area (Å²) in [5.41, 5.74) is 4.03. The van der Waals surface area contributed by atoms with Crippen LogP contribution in [0, 0.1) is 46.3 Å². The van der Waals surface area contributed by atoms with Gasteiger partial charge in [0, 0.05) is 6.42 Å². The molecule has 0 radical (unpaired) electrons. The van der Waals surface area contributed by atoms with Crippen molar-refractivity contribution in [3.63, 3.8) is 0 Å². The number of rotatable bonds is 5. The highest BCUT2D eigenvalue weighted by Crippen LogP contribution is 2.67. The molecule has 0 aromatic heterocycles. The third-order valence-electron chi connectivity index (χ3n) is 10.7. The predicted octanol–water partition coefficient (Wildman–Crippen LogP) is 8.15. The fourth-order valence-corrected chi connectivity index (χ4v) is 8.90. The van der Waals surface area contributed by atoms with Crippen LogP contribution >= 0.6 is 0 Å². The average molecular weight is 411 g/mol. The van der Waals surface area contributed by atoms with Crippen molar-refractivity contribution in [3.05, 3.63) is 23.3 Å². The van der Waals surface area contributed by atoms with E-state index in [1.807, 2.05) is 0 Å². The molecule has 168 valence electrons. The third-order valence-corrected chi connectivity index (χ3v) is 10.7. The number of fused-ring (bicyclic) bond motifs is 5. The summed E-state index contributed by atoms with van der Waals surface area (Å²) in [6, 6.07) is 0. The summed E-state index contributed by atoms with van der Waals surface area (Å²) in [6.45, 7) is 14.7.